The zero-order chi connectivity index (χ0) is 14.9. The number of alkyl halides is 3. The SMILES string of the molecule is CC(=O)c1coc(Nc2cc(C(F)(F)F)ccc2C)n1. The van der Waals surface area contributed by atoms with E-state index in [0.29, 0.717) is 5.56 Å². The van der Waals surface area contributed by atoms with Crippen LogP contribution in [0.5, 0.6) is 0 Å². The minimum Gasteiger partial charge on any atom is -0.431 e. The van der Waals surface area contributed by atoms with E-state index in [0.717, 1.165) is 18.4 Å². The third-order valence-electron chi connectivity index (χ3n) is 2.67. The molecule has 0 amide bonds. The summed E-state index contributed by atoms with van der Waals surface area (Å²) in [6.45, 7) is 2.97. The zero-order valence-corrected chi connectivity index (χ0v) is 10.7. The molecule has 7 heteroatoms. The molecule has 0 atom stereocenters. The number of aryl methyl sites for hydroxylation is 1. The Labute approximate surface area is 112 Å². The Morgan fingerprint density at radius 2 is 2.05 bits per heavy atom. The van der Waals surface area contributed by atoms with E-state index >= 15 is 0 Å². The van der Waals surface area contributed by atoms with Gasteiger partial charge in [0.1, 0.15) is 12.0 Å². The molecule has 0 radical (unpaired) electrons. The molecule has 1 aromatic carbocycles. The van der Waals surface area contributed by atoms with Gasteiger partial charge in [0.25, 0.3) is 6.01 Å². The highest BCUT2D eigenvalue weighted by Crippen LogP contribution is 2.32. The van der Waals surface area contributed by atoms with Gasteiger partial charge in [-0.2, -0.15) is 18.2 Å². The number of Topliss-reactive ketones (excluding diaryl/α,β-unsaturated/α-hetero) is 1. The van der Waals surface area contributed by atoms with Crippen LogP contribution < -0.4 is 5.32 Å². The van der Waals surface area contributed by atoms with E-state index in [4.69, 9.17) is 4.42 Å². The van der Waals surface area contributed by atoms with Crippen LogP contribution in [0, 0.1) is 6.92 Å². The number of rotatable bonds is 3. The number of carbonyl (C=O) groups is 1. The zero-order valence-electron chi connectivity index (χ0n) is 10.7. The molecule has 0 saturated heterocycles. The molecular weight excluding hydrogens is 273 g/mol. The quantitative estimate of drug-likeness (QED) is 0.867. The molecule has 2 rings (SSSR count). The number of hydrogen-bond donors (Lipinski definition) is 1. The first-order valence-corrected chi connectivity index (χ1v) is 5.68. The van der Waals surface area contributed by atoms with Crippen molar-refractivity contribution in [2.75, 3.05) is 5.32 Å². The van der Waals surface area contributed by atoms with Gasteiger partial charge in [0, 0.05) is 12.6 Å². The lowest BCUT2D eigenvalue weighted by Crippen LogP contribution is -2.06. The Balaban J connectivity index is 2.30. The first-order chi connectivity index (χ1) is 9.27. The topological polar surface area (TPSA) is 55.1 Å². The number of ketones is 1. The summed E-state index contributed by atoms with van der Waals surface area (Å²) in [5.74, 6) is -0.289. The number of carbonyl (C=O) groups excluding carboxylic acids is 1. The maximum atomic E-state index is 12.6. The van der Waals surface area contributed by atoms with Gasteiger partial charge >= 0.3 is 6.18 Å². The standard InChI is InChI=1S/C13H11F3N2O2/c1-7-3-4-9(13(14,15)16)5-10(7)17-12-18-11(6-20-12)8(2)19/h3-6H,1-2H3,(H,17,18). The van der Waals surface area contributed by atoms with Gasteiger partial charge in [-0.05, 0) is 24.6 Å². The third kappa shape index (κ3) is 2.98. The lowest BCUT2D eigenvalue weighted by atomic mass is 10.1. The first-order valence-electron chi connectivity index (χ1n) is 5.68. The lowest BCUT2D eigenvalue weighted by molar-refractivity contribution is -0.137. The molecule has 106 valence electrons. The molecule has 0 aliphatic carbocycles. The van der Waals surface area contributed by atoms with Crippen LogP contribution in [0.25, 0.3) is 0 Å². The first kappa shape index (κ1) is 14.1. The Kier molecular flexibility index (Phi) is 3.52. The van der Waals surface area contributed by atoms with Crippen LogP contribution in [0.3, 0.4) is 0 Å². The van der Waals surface area contributed by atoms with Crippen LogP contribution in [0.4, 0.5) is 24.9 Å². The summed E-state index contributed by atoms with van der Waals surface area (Å²) in [4.78, 5) is 14.9. The van der Waals surface area contributed by atoms with Crippen molar-refractivity contribution in [3.8, 4) is 0 Å². The molecular formula is C13H11F3N2O2. The van der Waals surface area contributed by atoms with Crippen molar-refractivity contribution in [2.24, 2.45) is 0 Å². The highest BCUT2D eigenvalue weighted by atomic mass is 19.4. The van der Waals surface area contributed by atoms with Crippen LogP contribution in [-0.4, -0.2) is 10.8 Å². The van der Waals surface area contributed by atoms with Crippen LogP contribution >= 0.6 is 0 Å². The average Bonchev–Trinajstić information content (AvgIpc) is 2.79. The molecule has 2 aromatic rings. The van der Waals surface area contributed by atoms with Crippen molar-refractivity contribution in [2.45, 2.75) is 20.0 Å². The fourth-order valence-corrected chi connectivity index (χ4v) is 1.54. The second kappa shape index (κ2) is 4.99. The number of benzene rings is 1. The minimum atomic E-state index is -4.43. The average molecular weight is 284 g/mol. The van der Waals surface area contributed by atoms with Gasteiger partial charge in [0.2, 0.25) is 0 Å². The molecule has 1 aromatic heterocycles. The van der Waals surface area contributed by atoms with Crippen LogP contribution in [0.1, 0.15) is 28.5 Å². The second-order valence-corrected chi connectivity index (χ2v) is 4.25. The number of oxazole rings is 1. The van der Waals surface area contributed by atoms with E-state index in [1.165, 1.54) is 13.0 Å². The fraction of sp³-hybridized carbons (Fsp3) is 0.231. The summed E-state index contributed by atoms with van der Waals surface area (Å²) in [5.41, 5.74) is 0.151. The summed E-state index contributed by atoms with van der Waals surface area (Å²) in [5, 5.41) is 2.63. The third-order valence-corrected chi connectivity index (χ3v) is 2.67. The summed E-state index contributed by atoms with van der Waals surface area (Å²) in [6.07, 6.45) is -3.28. The molecule has 0 saturated carbocycles. The number of halogens is 3. The van der Waals surface area contributed by atoms with Crippen LogP contribution in [0.2, 0.25) is 0 Å². The molecule has 1 heterocycles. The van der Waals surface area contributed by atoms with E-state index in [9.17, 15) is 18.0 Å². The van der Waals surface area contributed by atoms with Crippen molar-refractivity contribution in [3.63, 3.8) is 0 Å². The summed E-state index contributed by atoms with van der Waals surface area (Å²) in [7, 11) is 0. The monoisotopic (exact) mass is 284 g/mol. The Hall–Kier alpha value is -2.31. The van der Waals surface area contributed by atoms with Crippen molar-refractivity contribution in [1.29, 1.82) is 0 Å². The van der Waals surface area contributed by atoms with E-state index in [1.807, 2.05) is 0 Å². The van der Waals surface area contributed by atoms with Gasteiger partial charge in [-0.1, -0.05) is 6.07 Å². The smallest absolute Gasteiger partial charge is 0.416 e. The van der Waals surface area contributed by atoms with Crippen molar-refractivity contribution in [3.05, 3.63) is 41.3 Å². The van der Waals surface area contributed by atoms with E-state index in [1.54, 1.807) is 6.92 Å². The summed E-state index contributed by atoms with van der Waals surface area (Å²) in [6, 6.07) is 3.28. The van der Waals surface area contributed by atoms with Crippen molar-refractivity contribution in [1.82, 2.24) is 4.98 Å². The Morgan fingerprint density at radius 3 is 2.60 bits per heavy atom. The van der Waals surface area contributed by atoms with Gasteiger partial charge in [-0.3, -0.25) is 4.79 Å². The molecule has 4 nitrogen and oxygen atoms in total. The molecule has 20 heavy (non-hydrogen) atoms. The molecule has 0 fully saturated rings. The normalized spacial score (nSPS) is 11.4. The van der Waals surface area contributed by atoms with E-state index < -0.39 is 11.7 Å². The molecule has 0 aliphatic rings. The highest BCUT2D eigenvalue weighted by molar-refractivity contribution is 5.92. The number of anilines is 2. The fourth-order valence-electron chi connectivity index (χ4n) is 1.54. The Morgan fingerprint density at radius 1 is 1.35 bits per heavy atom. The van der Waals surface area contributed by atoms with E-state index in [-0.39, 0.29) is 23.2 Å². The number of nitrogens with zero attached hydrogens (tertiary/aromatic N) is 1. The van der Waals surface area contributed by atoms with Gasteiger partial charge in [0.15, 0.2) is 5.78 Å². The predicted octanol–water partition coefficient (Wildman–Crippen LogP) is 3.95. The molecule has 0 bridgehead atoms. The predicted molar refractivity (Wildman–Crippen MR) is 66.0 cm³/mol. The Bertz CT molecular complexity index is 647. The molecule has 0 spiro atoms. The molecule has 0 unspecified atom stereocenters. The van der Waals surface area contributed by atoms with Crippen molar-refractivity contribution >= 4 is 17.5 Å². The number of aromatic nitrogens is 1. The van der Waals surface area contributed by atoms with Gasteiger partial charge in [-0.25, -0.2) is 0 Å². The molecule has 1 N–H and O–H groups in total. The van der Waals surface area contributed by atoms with Gasteiger partial charge < -0.3 is 9.73 Å². The van der Waals surface area contributed by atoms with E-state index in [2.05, 4.69) is 10.3 Å². The van der Waals surface area contributed by atoms with Crippen molar-refractivity contribution < 1.29 is 22.4 Å². The maximum absolute atomic E-state index is 12.6. The largest absolute Gasteiger partial charge is 0.431 e. The van der Waals surface area contributed by atoms with Crippen LogP contribution in [-0.2, 0) is 6.18 Å². The summed E-state index contributed by atoms with van der Waals surface area (Å²) < 4.78 is 42.9. The minimum absolute atomic E-state index is 0.0300. The maximum Gasteiger partial charge on any atom is 0.416 e. The number of nitrogens with one attached hydrogen (secondary N) is 1. The van der Waals surface area contributed by atoms with Gasteiger partial charge in [0.05, 0.1) is 5.56 Å². The summed E-state index contributed by atoms with van der Waals surface area (Å²) >= 11 is 0. The number of hydrogen-bond acceptors (Lipinski definition) is 4. The highest BCUT2D eigenvalue weighted by Gasteiger charge is 2.30. The van der Waals surface area contributed by atoms with Gasteiger partial charge in [-0.15, -0.1) is 0 Å². The van der Waals surface area contributed by atoms with Crippen LogP contribution in [0.15, 0.2) is 28.9 Å². The second-order valence-electron chi connectivity index (χ2n) is 4.25. The molecule has 0 aliphatic heterocycles. The lowest BCUT2D eigenvalue weighted by Gasteiger charge is -2.11.